The fraction of sp³-hybridized carbons (Fsp3) is 0.478. The molecule has 7 atom stereocenters. The molecule has 3 aromatic rings. The Labute approximate surface area is 210 Å². The Kier molecular flexibility index (Phi) is 5.68. The number of carbonyl (C=O) groups excluding carboxylic acids is 1. The Morgan fingerprint density at radius 1 is 1.16 bits per heavy atom. The number of aliphatic hydroxyl groups excluding tert-OH is 2. The smallest absolute Gasteiger partial charge is 0.405 e. The van der Waals surface area contributed by atoms with Crippen LogP contribution >= 0.6 is 0 Å². The van der Waals surface area contributed by atoms with E-state index in [2.05, 4.69) is 30.2 Å². The van der Waals surface area contributed by atoms with Gasteiger partial charge in [-0.3, -0.25) is 9.89 Å². The van der Waals surface area contributed by atoms with Crippen LogP contribution < -0.4 is 10.1 Å². The summed E-state index contributed by atoms with van der Waals surface area (Å²) in [5, 5.41) is 30.3. The number of amides is 1. The van der Waals surface area contributed by atoms with E-state index in [1.54, 1.807) is 0 Å². The Hall–Kier alpha value is -3.59. The van der Waals surface area contributed by atoms with Crippen LogP contribution in [0.4, 0.5) is 27.8 Å². The van der Waals surface area contributed by atoms with Crippen molar-refractivity contribution < 1.29 is 41.7 Å². The van der Waals surface area contributed by atoms with Crippen LogP contribution in [0.3, 0.4) is 0 Å². The van der Waals surface area contributed by atoms with Gasteiger partial charge in [-0.2, -0.15) is 5.10 Å². The van der Waals surface area contributed by atoms with Gasteiger partial charge in [-0.1, -0.05) is 0 Å². The lowest BCUT2D eigenvalue weighted by molar-refractivity contribution is -0.275. The van der Waals surface area contributed by atoms with Gasteiger partial charge in [0, 0.05) is 12.0 Å². The second-order valence-corrected chi connectivity index (χ2v) is 9.77. The van der Waals surface area contributed by atoms with E-state index in [-0.39, 0.29) is 46.4 Å². The van der Waals surface area contributed by atoms with E-state index in [0.717, 1.165) is 23.1 Å². The van der Waals surface area contributed by atoms with Crippen molar-refractivity contribution in [3.8, 4) is 5.75 Å². The summed E-state index contributed by atoms with van der Waals surface area (Å²) >= 11 is 0. The number of nitrogens with one attached hydrogen (secondary N) is 2. The molecule has 3 heterocycles. The number of rotatable bonds is 5. The third-order valence-corrected chi connectivity index (χ3v) is 7.44. The van der Waals surface area contributed by atoms with Gasteiger partial charge in [0.2, 0.25) is 0 Å². The van der Waals surface area contributed by atoms with Crippen LogP contribution in [0.15, 0.2) is 24.5 Å². The molecule has 2 saturated carbocycles. The molecule has 10 nitrogen and oxygen atoms in total. The minimum Gasteiger partial charge on any atom is -0.405 e. The van der Waals surface area contributed by atoms with Crippen LogP contribution in [0, 0.1) is 17.7 Å². The van der Waals surface area contributed by atoms with Gasteiger partial charge >= 0.3 is 6.36 Å². The van der Waals surface area contributed by atoms with E-state index >= 15 is 0 Å². The van der Waals surface area contributed by atoms with E-state index in [0.29, 0.717) is 6.42 Å². The lowest BCUT2D eigenvalue weighted by Crippen LogP contribution is -2.38. The summed E-state index contributed by atoms with van der Waals surface area (Å²) in [6, 6.07) is 0.512. The van der Waals surface area contributed by atoms with Gasteiger partial charge < -0.3 is 25.2 Å². The highest BCUT2D eigenvalue weighted by Gasteiger charge is 2.59. The predicted molar refractivity (Wildman–Crippen MR) is 119 cm³/mol. The van der Waals surface area contributed by atoms with Crippen molar-refractivity contribution in [3.05, 3.63) is 41.6 Å². The molecule has 3 aliphatic rings. The van der Waals surface area contributed by atoms with Gasteiger partial charge in [0.25, 0.3) is 5.91 Å². The lowest BCUT2D eigenvalue weighted by Gasteiger charge is -2.26. The predicted octanol–water partition coefficient (Wildman–Crippen LogP) is 2.47. The largest absolute Gasteiger partial charge is 0.573 e. The number of fused-ring (bicyclic) bond motifs is 2. The third-order valence-electron chi connectivity index (χ3n) is 7.44. The molecule has 1 saturated heterocycles. The molecular formula is C23H21F5N6O4. The molecule has 0 spiro atoms. The number of benzene rings is 1. The molecule has 6 rings (SSSR count). The molecule has 3 fully saturated rings. The van der Waals surface area contributed by atoms with Gasteiger partial charge in [0.1, 0.15) is 41.7 Å². The second-order valence-electron chi connectivity index (χ2n) is 9.77. The van der Waals surface area contributed by atoms with E-state index in [1.807, 2.05) is 0 Å². The van der Waals surface area contributed by atoms with Gasteiger partial charge in [0.05, 0.1) is 30.1 Å². The average molecular weight is 540 g/mol. The number of halogens is 5. The number of aromatic amines is 1. The minimum atomic E-state index is -5.09. The lowest BCUT2D eigenvalue weighted by atomic mass is 10.0. The fourth-order valence-corrected chi connectivity index (χ4v) is 5.68. The zero-order valence-electron chi connectivity index (χ0n) is 19.4. The molecule has 15 heteroatoms. The number of aliphatic hydroxyl groups is 2. The van der Waals surface area contributed by atoms with Crippen LogP contribution in [0.25, 0.3) is 11.0 Å². The minimum absolute atomic E-state index is 0.00589. The summed E-state index contributed by atoms with van der Waals surface area (Å²) in [7, 11) is 0. The fourth-order valence-electron chi connectivity index (χ4n) is 5.68. The number of nitrogens with zero attached hydrogens (tertiary/aromatic N) is 4. The first-order valence-electron chi connectivity index (χ1n) is 11.8. The zero-order valence-corrected chi connectivity index (χ0v) is 19.4. The summed E-state index contributed by atoms with van der Waals surface area (Å²) in [4.78, 5) is 22.8. The van der Waals surface area contributed by atoms with Gasteiger partial charge in [-0.25, -0.2) is 18.7 Å². The summed E-state index contributed by atoms with van der Waals surface area (Å²) in [5.74, 6) is -2.36. The molecule has 38 heavy (non-hydrogen) atoms. The Morgan fingerprint density at radius 2 is 1.95 bits per heavy atom. The molecule has 1 aliphatic heterocycles. The Bertz CT molecular complexity index is 1400. The molecule has 2 aliphatic carbocycles. The quantitative estimate of drug-likeness (QED) is 0.363. The molecule has 1 amide bonds. The van der Waals surface area contributed by atoms with Crippen LogP contribution in [0.2, 0.25) is 0 Å². The van der Waals surface area contributed by atoms with Crippen molar-refractivity contribution in [3.63, 3.8) is 0 Å². The van der Waals surface area contributed by atoms with Crippen LogP contribution in [-0.2, 0) is 0 Å². The van der Waals surface area contributed by atoms with Crippen molar-refractivity contribution in [1.82, 2.24) is 25.1 Å². The van der Waals surface area contributed by atoms with Crippen molar-refractivity contribution in [2.75, 3.05) is 11.9 Å². The molecular weight excluding hydrogens is 519 g/mol. The zero-order chi connectivity index (χ0) is 26.9. The maximum Gasteiger partial charge on any atom is 0.573 e. The number of anilines is 1. The first-order valence-corrected chi connectivity index (χ1v) is 11.8. The first kappa shape index (κ1) is 24.7. The monoisotopic (exact) mass is 540 g/mol. The maximum atomic E-state index is 14.6. The van der Waals surface area contributed by atoms with Gasteiger partial charge in [-0.05, 0) is 36.5 Å². The summed E-state index contributed by atoms with van der Waals surface area (Å²) in [6.07, 6.45) is -7.14. The number of hydrogen-bond acceptors (Lipinski definition) is 8. The maximum absolute atomic E-state index is 14.6. The van der Waals surface area contributed by atoms with Crippen molar-refractivity contribution in [2.45, 2.75) is 49.7 Å². The number of carbonyl (C=O) groups is 1. The Balaban J connectivity index is 1.35. The van der Waals surface area contributed by atoms with Crippen molar-refractivity contribution in [1.29, 1.82) is 0 Å². The van der Waals surface area contributed by atoms with Crippen LogP contribution in [0.5, 0.6) is 5.75 Å². The van der Waals surface area contributed by atoms with Gasteiger partial charge in [0.15, 0.2) is 5.65 Å². The average Bonchev–Trinajstić information content (AvgIpc) is 3.26. The first-order chi connectivity index (χ1) is 18.0. The topological polar surface area (TPSA) is 136 Å². The van der Waals surface area contributed by atoms with Crippen LogP contribution in [-0.4, -0.2) is 78.5 Å². The van der Waals surface area contributed by atoms with Crippen LogP contribution in [0.1, 0.15) is 34.9 Å². The van der Waals surface area contributed by atoms with E-state index < -0.39 is 60.8 Å². The van der Waals surface area contributed by atoms with Crippen molar-refractivity contribution in [2.24, 2.45) is 11.8 Å². The molecule has 202 valence electrons. The van der Waals surface area contributed by atoms with Crippen molar-refractivity contribution >= 4 is 22.8 Å². The number of aromatic nitrogens is 4. The molecule has 0 bridgehead atoms. The molecule has 0 radical (unpaired) electrons. The third kappa shape index (κ3) is 4.18. The second kappa shape index (κ2) is 8.73. The highest BCUT2D eigenvalue weighted by Crippen LogP contribution is 2.53. The number of ether oxygens (including phenoxy) is 1. The summed E-state index contributed by atoms with van der Waals surface area (Å²) in [6.45, 7) is -0.472. The summed E-state index contributed by atoms with van der Waals surface area (Å²) in [5.41, 5.74) is -0.431. The SMILES string of the molecule is O=C(c1[nH]nc2ncnc(N[C@H]3[C@H](O)[C@H](O)[C@@H]4C[C@@H]43)c12)N1C[C@@H](F)C[C@@H]1c1cc(F)ccc1OC(F)(F)F. The number of hydrogen-bond donors (Lipinski definition) is 4. The summed E-state index contributed by atoms with van der Waals surface area (Å²) < 4.78 is 71.7. The molecule has 2 aromatic heterocycles. The highest BCUT2D eigenvalue weighted by molar-refractivity contribution is 6.08. The standard InChI is InChI=1S/C23H21F5N6O4/c24-8-1-2-14(38-23(26,27)28)12(3-8)13-4-9(25)6-34(13)22(37)17-15-20(29-7-30-21(15)33-32-17)31-16-10-5-11(10)18(35)19(16)36/h1-3,7,9-11,13,16,18-19,35-36H,4-6H2,(H2,29,30,31,32,33)/t9-,10-,11+,13+,16+,18+,19-/m0/s1. The number of likely N-dealkylation sites (tertiary alicyclic amines) is 1. The highest BCUT2D eigenvalue weighted by atomic mass is 19.4. The molecule has 1 aromatic carbocycles. The van der Waals surface area contributed by atoms with E-state index in [1.165, 1.54) is 6.33 Å². The number of alkyl halides is 4. The van der Waals surface area contributed by atoms with Gasteiger partial charge in [-0.15, -0.1) is 13.2 Å². The normalized spacial score (nSPS) is 30.5. The van der Waals surface area contributed by atoms with E-state index in [4.69, 9.17) is 0 Å². The van der Waals surface area contributed by atoms with E-state index in [9.17, 15) is 37.0 Å². The number of H-pyrrole nitrogens is 1. The molecule has 4 N–H and O–H groups in total. The molecule has 0 unspecified atom stereocenters. The Morgan fingerprint density at radius 3 is 2.66 bits per heavy atom.